The molecule has 194 valence electrons. The molecule has 0 spiro atoms. The molecule has 4 aromatic rings. The average molecular weight is 522 g/mol. The monoisotopic (exact) mass is 521 g/mol. The number of nitrogens with zero attached hydrogens (tertiary/aromatic N) is 6. The molecule has 1 unspecified atom stereocenters. The highest BCUT2D eigenvalue weighted by molar-refractivity contribution is 6.30. The number of hydrogen-bond acceptors (Lipinski definition) is 7. The van der Waals surface area contributed by atoms with Crippen LogP contribution >= 0.6 is 11.6 Å². The standard InChI is InChI=1S/C27H32ClN7O2/c1-5-27(2,3)35-25(30-31-32-35)24(22-16-18-15-21(37-4)9-10-23(18)29-26(22)36)34-13-11-33(12-14-34)20-8-6-7-19(28)17-20/h6-10,15-17,24H,5,11-14H2,1-4H3,(H,29,36). The van der Waals surface area contributed by atoms with E-state index < -0.39 is 6.04 Å². The molecule has 10 heteroatoms. The highest BCUT2D eigenvalue weighted by Gasteiger charge is 2.35. The number of aromatic amines is 1. The number of H-pyrrole nitrogens is 1. The summed E-state index contributed by atoms with van der Waals surface area (Å²) in [6, 6.07) is 15.1. The van der Waals surface area contributed by atoms with Crippen LogP contribution in [0.1, 0.15) is 44.6 Å². The first-order valence-corrected chi connectivity index (χ1v) is 12.9. The van der Waals surface area contributed by atoms with Gasteiger partial charge in [0, 0.05) is 53.4 Å². The zero-order valence-corrected chi connectivity index (χ0v) is 22.4. The van der Waals surface area contributed by atoms with Gasteiger partial charge in [0.1, 0.15) is 11.8 Å². The maximum atomic E-state index is 13.5. The summed E-state index contributed by atoms with van der Waals surface area (Å²) in [6.07, 6.45) is 0.839. The van der Waals surface area contributed by atoms with Gasteiger partial charge in [-0.25, -0.2) is 4.68 Å². The summed E-state index contributed by atoms with van der Waals surface area (Å²) in [7, 11) is 1.64. The predicted molar refractivity (Wildman–Crippen MR) is 146 cm³/mol. The lowest BCUT2D eigenvalue weighted by Crippen LogP contribution is -2.49. The Bertz CT molecular complexity index is 1460. The largest absolute Gasteiger partial charge is 0.497 e. The Morgan fingerprint density at radius 1 is 1.11 bits per heavy atom. The van der Waals surface area contributed by atoms with E-state index >= 15 is 0 Å². The predicted octanol–water partition coefficient (Wildman–Crippen LogP) is 4.23. The molecule has 0 saturated carbocycles. The second kappa shape index (κ2) is 10.1. The summed E-state index contributed by atoms with van der Waals surface area (Å²) >= 11 is 6.24. The van der Waals surface area contributed by atoms with Crippen LogP contribution in [0.2, 0.25) is 5.02 Å². The van der Waals surface area contributed by atoms with Crippen LogP contribution in [0.3, 0.4) is 0 Å². The number of anilines is 1. The summed E-state index contributed by atoms with van der Waals surface area (Å²) in [5.41, 5.74) is 2.00. The van der Waals surface area contributed by atoms with Crippen molar-refractivity contribution < 1.29 is 4.74 Å². The molecule has 37 heavy (non-hydrogen) atoms. The minimum atomic E-state index is -0.415. The third-order valence-electron chi connectivity index (χ3n) is 7.40. The molecule has 5 rings (SSSR count). The molecule has 0 bridgehead atoms. The maximum Gasteiger partial charge on any atom is 0.253 e. The number of fused-ring (bicyclic) bond motifs is 1. The summed E-state index contributed by atoms with van der Waals surface area (Å²) in [6.45, 7) is 9.36. The van der Waals surface area contributed by atoms with Gasteiger partial charge in [0.05, 0.1) is 12.6 Å². The van der Waals surface area contributed by atoms with E-state index in [0.717, 1.165) is 60.0 Å². The van der Waals surface area contributed by atoms with Crippen LogP contribution in [0.15, 0.2) is 53.3 Å². The number of methoxy groups -OCH3 is 1. The van der Waals surface area contributed by atoms with E-state index in [-0.39, 0.29) is 11.1 Å². The normalized spacial score (nSPS) is 15.8. The van der Waals surface area contributed by atoms with Gasteiger partial charge in [0.25, 0.3) is 5.56 Å². The van der Waals surface area contributed by atoms with Crippen LogP contribution in [0, 0.1) is 0 Å². The van der Waals surface area contributed by atoms with Gasteiger partial charge in [-0.05, 0) is 73.2 Å². The van der Waals surface area contributed by atoms with Gasteiger partial charge in [-0.15, -0.1) is 5.10 Å². The van der Waals surface area contributed by atoms with Crippen LogP contribution in [0.5, 0.6) is 5.75 Å². The Morgan fingerprint density at radius 2 is 1.89 bits per heavy atom. The smallest absolute Gasteiger partial charge is 0.253 e. The van der Waals surface area contributed by atoms with E-state index in [2.05, 4.69) is 57.1 Å². The molecule has 3 heterocycles. The molecular weight excluding hydrogens is 490 g/mol. The van der Waals surface area contributed by atoms with Crippen molar-refractivity contribution in [2.75, 3.05) is 38.2 Å². The van der Waals surface area contributed by atoms with Crippen molar-refractivity contribution in [2.45, 2.75) is 38.8 Å². The zero-order chi connectivity index (χ0) is 26.2. The molecule has 1 atom stereocenters. The lowest BCUT2D eigenvalue weighted by molar-refractivity contribution is 0.186. The van der Waals surface area contributed by atoms with Gasteiger partial charge < -0.3 is 14.6 Å². The Hall–Kier alpha value is -3.43. The second-order valence-electron chi connectivity index (χ2n) is 10.0. The van der Waals surface area contributed by atoms with Crippen molar-refractivity contribution in [3.63, 3.8) is 0 Å². The highest BCUT2D eigenvalue weighted by Crippen LogP contribution is 2.32. The number of hydrogen-bond donors (Lipinski definition) is 1. The first kappa shape index (κ1) is 25.2. The molecule has 2 aromatic heterocycles. The number of pyridine rings is 1. The fourth-order valence-electron chi connectivity index (χ4n) is 4.89. The first-order valence-electron chi connectivity index (χ1n) is 12.5. The van der Waals surface area contributed by atoms with Gasteiger partial charge >= 0.3 is 0 Å². The molecule has 0 amide bonds. The van der Waals surface area contributed by atoms with E-state index in [4.69, 9.17) is 16.3 Å². The molecule has 9 nitrogen and oxygen atoms in total. The van der Waals surface area contributed by atoms with Gasteiger partial charge in [-0.3, -0.25) is 9.69 Å². The Kier molecular flexibility index (Phi) is 6.92. The number of halogens is 1. The van der Waals surface area contributed by atoms with Gasteiger partial charge in [0.15, 0.2) is 5.82 Å². The van der Waals surface area contributed by atoms with E-state index in [1.807, 2.05) is 47.1 Å². The molecule has 1 aliphatic heterocycles. The van der Waals surface area contributed by atoms with E-state index in [0.29, 0.717) is 11.4 Å². The second-order valence-corrected chi connectivity index (χ2v) is 10.5. The first-order chi connectivity index (χ1) is 17.8. The number of benzene rings is 2. The zero-order valence-electron chi connectivity index (χ0n) is 21.6. The fourth-order valence-corrected chi connectivity index (χ4v) is 5.07. The Labute approximate surface area is 221 Å². The molecule has 1 saturated heterocycles. The number of nitrogens with one attached hydrogen (secondary N) is 1. The number of piperazine rings is 1. The molecular formula is C27H32ClN7O2. The van der Waals surface area contributed by atoms with Crippen molar-refractivity contribution in [1.82, 2.24) is 30.1 Å². The highest BCUT2D eigenvalue weighted by atomic mass is 35.5. The minimum Gasteiger partial charge on any atom is -0.497 e. The average Bonchev–Trinajstić information content (AvgIpc) is 3.40. The lowest BCUT2D eigenvalue weighted by Gasteiger charge is -2.40. The molecule has 1 N–H and O–H groups in total. The van der Waals surface area contributed by atoms with Crippen molar-refractivity contribution in [1.29, 1.82) is 0 Å². The molecule has 2 aromatic carbocycles. The van der Waals surface area contributed by atoms with Crippen LogP contribution in [0.4, 0.5) is 5.69 Å². The summed E-state index contributed by atoms with van der Waals surface area (Å²) in [5.74, 6) is 1.39. The van der Waals surface area contributed by atoms with Crippen molar-refractivity contribution in [3.05, 3.63) is 75.3 Å². The minimum absolute atomic E-state index is 0.149. The van der Waals surface area contributed by atoms with Crippen LogP contribution in [0.25, 0.3) is 10.9 Å². The van der Waals surface area contributed by atoms with Crippen molar-refractivity contribution >= 4 is 28.2 Å². The Morgan fingerprint density at radius 3 is 2.59 bits per heavy atom. The van der Waals surface area contributed by atoms with Crippen molar-refractivity contribution in [3.8, 4) is 5.75 Å². The van der Waals surface area contributed by atoms with Gasteiger partial charge in [0.2, 0.25) is 0 Å². The van der Waals surface area contributed by atoms with Crippen molar-refractivity contribution in [2.24, 2.45) is 0 Å². The molecule has 0 aliphatic carbocycles. The fraction of sp³-hybridized carbons (Fsp3) is 0.407. The quantitative estimate of drug-likeness (QED) is 0.389. The molecule has 1 fully saturated rings. The van der Waals surface area contributed by atoms with Gasteiger partial charge in [-0.2, -0.15) is 0 Å². The molecule has 0 radical (unpaired) electrons. The van der Waals surface area contributed by atoms with Crippen LogP contribution in [-0.4, -0.2) is 63.4 Å². The van der Waals surface area contributed by atoms with Crippen LogP contribution < -0.4 is 15.2 Å². The number of rotatable bonds is 7. The lowest BCUT2D eigenvalue weighted by atomic mass is 9.98. The maximum absolute atomic E-state index is 13.5. The molecule has 1 aliphatic rings. The third-order valence-corrected chi connectivity index (χ3v) is 7.64. The number of tetrazole rings is 1. The third kappa shape index (κ3) is 4.93. The number of ether oxygens (including phenoxy) is 1. The van der Waals surface area contributed by atoms with E-state index in [1.54, 1.807) is 7.11 Å². The summed E-state index contributed by atoms with van der Waals surface area (Å²) in [5, 5.41) is 14.5. The summed E-state index contributed by atoms with van der Waals surface area (Å²) in [4.78, 5) is 21.2. The SMILES string of the molecule is CCC(C)(C)n1nnnc1C(c1cc2cc(OC)ccc2[nH]c1=O)N1CCN(c2cccc(Cl)c2)CC1. The van der Waals surface area contributed by atoms with Gasteiger partial charge in [-0.1, -0.05) is 24.6 Å². The summed E-state index contributed by atoms with van der Waals surface area (Å²) < 4.78 is 7.30. The van der Waals surface area contributed by atoms with E-state index in [9.17, 15) is 4.79 Å². The topological polar surface area (TPSA) is 92.2 Å². The van der Waals surface area contributed by atoms with Crippen LogP contribution in [-0.2, 0) is 5.54 Å². The Balaban J connectivity index is 1.57. The van der Waals surface area contributed by atoms with E-state index in [1.165, 1.54) is 0 Å². The number of aromatic nitrogens is 5.